The van der Waals surface area contributed by atoms with Crippen molar-refractivity contribution in [2.75, 3.05) is 0 Å². The molecule has 4 nitrogen and oxygen atoms in total. The van der Waals surface area contributed by atoms with Crippen LogP contribution in [-0.2, 0) is 9.59 Å². The maximum Gasteiger partial charge on any atom is 0.317 e. The van der Waals surface area contributed by atoms with Crippen molar-refractivity contribution >= 4 is 11.9 Å². The van der Waals surface area contributed by atoms with Crippen molar-refractivity contribution in [2.45, 2.75) is 19.3 Å². The molecule has 1 aliphatic rings. The number of rotatable bonds is 4. The van der Waals surface area contributed by atoms with Crippen LogP contribution in [-0.4, -0.2) is 22.2 Å². The molecule has 1 aliphatic carbocycles. The molecule has 1 rings (SSSR count). The van der Waals surface area contributed by atoms with E-state index < -0.39 is 17.9 Å². The van der Waals surface area contributed by atoms with Gasteiger partial charge in [0.25, 0.3) is 0 Å². The number of aliphatic carboxylic acids is 2. The SMILES string of the molecule is O=C(O)C(CC1CC1)C(=O)O. The smallest absolute Gasteiger partial charge is 0.317 e. The summed E-state index contributed by atoms with van der Waals surface area (Å²) in [5.74, 6) is -3.29. The Morgan fingerprint density at radius 2 is 1.73 bits per heavy atom. The minimum atomic E-state index is -1.22. The van der Waals surface area contributed by atoms with E-state index in [4.69, 9.17) is 10.2 Å². The highest BCUT2D eigenvalue weighted by molar-refractivity contribution is 5.92. The Kier molecular flexibility index (Phi) is 2.12. The largest absolute Gasteiger partial charge is 0.481 e. The first-order valence-electron chi connectivity index (χ1n) is 3.57. The first-order chi connectivity index (χ1) is 5.11. The molecular weight excluding hydrogens is 148 g/mol. The van der Waals surface area contributed by atoms with E-state index in [1.165, 1.54) is 0 Å². The molecule has 0 saturated heterocycles. The number of hydrogen-bond acceptors (Lipinski definition) is 2. The van der Waals surface area contributed by atoms with Crippen molar-refractivity contribution in [1.82, 2.24) is 0 Å². The molecule has 0 aliphatic heterocycles. The minimum absolute atomic E-state index is 0.296. The van der Waals surface area contributed by atoms with Crippen LogP contribution in [0.5, 0.6) is 0 Å². The van der Waals surface area contributed by atoms with E-state index in [1.54, 1.807) is 0 Å². The van der Waals surface area contributed by atoms with E-state index >= 15 is 0 Å². The van der Waals surface area contributed by atoms with Crippen LogP contribution in [0, 0.1) is 11.8 Å². The van der Waals surface area contributed by atoms with E-state index in [2.05, 4.69) is 0 Å². The lowest BCUT2D eigenvalue weighted by Gasteiger charge is -2.04. The van der Waals surface area contributed by atoms with Crippen molar-refractivity contribution in [2.24, 2.45) is 11.8 Å². The molecule has 0 aromatic carbocycles. The molecule has 1 fully saturated rings. The zero-order valence-electron chi connectivity index (χ0n) is 5.99. The van der Waals surface area contributed by atoms with Crippen LogP contribution in [0.3, 0.4) is 0 Å². The second kappa shape index (κ2) is 2.90. The molecule has 1 saturated carbocycles. The van der Waals surface area contributed by atoms with Gasteiger partial charge in [0.05, 0.1) is 0 Å². The van der Waals surface area contributed by atoms with Gasteiger partial charge in [-0.1, -0.05) is 12.8 Å². The monoisotopic (exact) mass is 158 g/mol. The first kappa shape index (κ1) is 8.04. The third kappa shape index (κ3) is 2.22. The molecule has 4 heteroatoms. The van der Waals surface area contributed by atoms with Crippen LogP contribution in [0.2, 0.25) is 0 Å². The van der Waals surface area contributed by atoms with Crippen molar-refractivity contribution < 1.29 is 19.8 Å². The van der Waals surface area contributed by atoms with Gasteiger partial charge in [0.1, 0.15) is 0 Å². The zero-order chi connectivity index (χ0) is 8.43. The third-order valence-corrected chi connectivity index (χ3v) is 1.86. The van der Waals surface area contributed by atoms with E-state index in [0.29, 0.717) is 12.3 Å². The predicted octanol–water partition coefficient (Wildman–Crippen LogP) is 0.572. The summed E-state index contributed by atoms with van der Waals surface area (Å²) in [6.07, 6.45) is 2.26. The highest BCUT2D eigenvalue weighted by atomic mass is 16.4. The summed E-state index contributed by atoms with van der Waals surface area (Å²) in [6.45, 7) is 0. The molecule has 62 valence electrons. The fraction of sp³-hybridized carbons (Fsp3) is 0.714. The van der Waals surface area contributed by atoms with Crippen LogP contribution in [0.15, 0.2) is 0 Å². The fourth-order valence-electron chi connectivity index (χ4n) is 0.994. The fourth-order valence-corrected chi connectivity index (χ4v) is 0.994. The topological polar surface area (TPSA) is 74.6 Å². The molecule has 0 radical (unpaired) electrons. The van der Waals surface area contributed by atoms with Gasteiger partial charge in [-0.3, -0.25) is 9.59 Å². The average molecular weight is 158 g/mol. The molecule has 11 heavy (non-hydrogen) atoms. The summed E-state index contributed by atoms with van der Waals surface area (Å²) >= 11 is 0. The van der Waals surface area contributed by atoms with Gasteiger partial charge in [-0.05, 0) is 12.3 Å². The summed E-state index contributed by atoms with van der Waals surface area (Å²) in [5, 5.41) is 16.9. The van der Waals surface area contributed by atoms with Gasteiger partial charge in [0, 0.05) is 0 Å². The van der Waals surface area contributed by atoms with Gasteiger partial charge in [-0.25, -0.2) is 0 Å². The van der Waals surface area contributed by atoms with E-state index in [0.717, 1.165) is 12.8 Å². The van der Waals surface area contributed by atoms with Crippen LogP contribution < -0.4 is 0 Å². The number of carboxylic acids is 2. The number of carbonyl (C=O) groups is 2. The van der Waals surface area contributed by atoms with Crippen LogP contribution >= 0.6 is 0 Å². The summed E-state index contributed by atoms with van der Waals surface area (Å²) in [6, 6.07) is 0. The second-order valence-electron chi connectivity index (χ2n) is 2.91. The molecule has 2 N–H and O–H groups in total. The molecule has 0 unspecified atom stereocenters. The summed E-state index contributed by atoms with van der Waals surface area (Å²) in [5.41, 5.74) is 0. The standard InChI is InChI=1S/C7H10O4/c8-6(9)5(7(10)11)3-4-1-2-4/h4-5H,1-3H2,(H,8,9)(H,10,11). The lowest BCUT2D eigenvalue weighted by atomic mass is 10.0. The van der Waals surface area contributed by atoms with E-state index in [-0.39, 0.29) is 0 Å². The molecule has 0 bridgehead atoms. The van der Waals surface area contributed by atoms with E-state index in [1.807, 2.05) is 0 Å². The Bertz CT molecular complexity index is 169. The normalized spacial score (nSPS) is 16.8. The molecule has 0 heterocycles. The van der Waals surface area contributed by atoms with Crippen LogP contribution in [0.4, 0.5) is 0 Å². The lowest BCUT2D eigenvalue weighted by molar-refractivity contribution is -0.154. The Balaban J connectivity index is 2.43. The Labute approximate surface area is 63.8 Å². The molecule has 0 amide bonds. The van der Waals surface area contributed by atoms with Crippen molar-refractivity contribution in [1.29, 1.82) is 0 Å². The first-order valence-corrected chi connectivity index (χ1v) is 3.57. The quantitative estimate of drug-likeness (QED) is 0.586. The van der Waals surface area contributed by atoms with Crippen molar-refractivity contribution in [3.63, 3.8) is 0 Å². The lowest BCUT2D eigenvalue weighted by Crippen LogP contribution is -2.23. The molecular formula is C7H10O4. The molecule has 0 aromatic heterocycles. The highest BCUT2D eigenvalue weighted by Crippen LogP contribution is 2.35. The van der Waals surface area contributed by atoms with Crippen molar-refractivity contribution in [3.05, 3.63) is 0 Å². The van der Waals surface area contributed by atoms with E-state index in [9.17, 15) is 9.59 Å². The third-order valence-electron chi connectivity index (χ3n) is 1.86. The second-order valence-corrected chi connectivity index (χ2v) is 2.91. The Morgan fingerprint density at radius 3 is 2.00 bits per heavy atom. The summed E-state index contributed by atoms with van der Waals surface area (Å²) in [4.78, 5) is 20.6. The van der Waals surface area contributed by atoms with Crippen LogP contribution in [0.25, 0.3) is 0 Å². The summed E-state index contributed by atoms with van der Waals surface area (Å²) < 4.78 is 0. The minimum Gasteiger partial charge on any atom is -0.481 e. The van der Waals surface area contributed by atoms with Gasteiger partial charge in [0.2, 0.25) is 0 Å². The molecule has 0 aromatic rings. The Hall–Kier alpha value is -1.06. The van der Waals surface area contributed by atoms with Gasteiger partial charge in [-0.2, -0.15) is 0 Å². The summed E-state index contributed by atoms with van der Waals surface area (Å²) in [7, 11) is 0. The maximum atomic E-state index is 10.3. The number of hydrogen-bond donors (Lipinski definition) is 2. The molecule has 0 spiro atoms. The van der Waals surface area contributed by atoms with Crippen molar-refractivity contribution in [3.8, 4) is 0 Å². The van der Waals surface area contributed by atoms with Gasteiger partial charge in [0.15, 0.2) is 5.92 Å². The average Bonchev–Trinajstić information content (AvgIpc) is 2.63. The molecule has 0 atom stereocenters. The Morgan fingerprint density at radius 1 is 1.27 bits per heavy atom. The maximum absolute atomic E-state index is 10.3. The van der Waals surface area contributed by atoms with Gasteiger partial charge in [-0.15, -0.1) is 0 Å². The zero-order valence-corrected chi connectivity index (χ0v) is 5.99. The van der Waals surface area contributed by atoms with Gasteiger partial charge >= 0.3 is 11.9 Å². The van der Waals surface area contributed by atoms with Gasteiger partial charge < -0.3 is 10.2 Å². The highest BCUT2D eigenvalue weighted by Gasteiger charge is 2.33. The number of carboxylic acid groups (broad SMARTS) is 2. The van der Waals surface area contributed by atoms with Crippen LogP contribution in [0.1, 0.15) is 19.3 Å². The predicted molar refractivity (Wildman–Crippen MR) is 36.1 cm³/mol.